The summed E-state index contributed by atoms with van der Waals surface area (Å²) >= 11 is 0. The van der Waals surface area contributed by atoms with E-state index in [9.17, 15) is 17.2 Å². The first-order valence-corrected chi connectivity index (χ1v) is 4.98. The fourth-order valence-electron chi connectivity index (χ4n) is 0.403. The van der Waals surface area contributed by atoms with E-state index in [2.05, 4.69) is 0 Å². The summed E-state index contributed by atoms with van der Waals surface area (Å²) in [5.74, 6) is -0.192. The first-order chi connectivity index (χ1) is 5.39. The zero-order chi connectivity index (χ0) is 9.78. The van der Waals surface area contributed by atoms with Gasteiger partial charge in [-0.2, -0.15) is 0 Å². The standard InChI is InChI=1S/C5H11F2NO3S/c1-2-12(10,11)8-3-4(9)5(6)7/h4-5,8-9H,2-3H2,1H3. The Labute approximate surface area is 69.6 Å². The summed E-state index contributed by atoms with van der Waals surface area (Å²) in [5.41, 5.74) is 0. The number of alkyl halides is 2. The Morgan fingerprint density at radius 3 is 2.33 bits per heavy atom. The Morgan fingerprint density at radius 2 is 2.00 bits per heavy atom. The van der Waals surface area contributed by atoms with Gasteiger partial charge in [-0.15, -0.1) is 0 Å². The van der Waals surface area contributed by atoms with Gasteiger partial charge in [-0.05, 0) is 6.92 Å². The van der Waals surface area contributed by atoms with Crippen LogP contribution in [0.5, 0.6) is 0 Å². The van der Waals surface area contributed by atoms with Crippen molar-refractivity contribution in [1.29, 1.82) is 0 Å². The van der Waals surface area contributed by atoms with Crippen LogP contribution in [-0.2, 0) is 10.0 Å². The molecule has 0 bridgehead atoms. The maximum Gasteiger partial charge on any atom is 0.265 e. The summed E-state index contributed by atoms with van der Waals surface area (Å²) in [5, 5.41) is 8.51. The van der Waals surface area contributed by atoms with Gasteiger partial charge in [-0.3, -0.25) is 0 Å². The van der Waals surface area contributed by atoms with E-state index in [-0.39, 0.29) is 5.75 Å². The molecule has 0 amide bonds. The average Bonchev–Trinajstić information content (AvgIpc) is 2.00. The molecule has 1 atom stereocenters. The molecule has 0 spiro atoms. The molecule has 0 aromatic rings. The summed E-state index contributed by atoms with van der Waals surface area (Å²) in [7, 11) is -3.49. The Bertz CT molecular complexity index is 217. The minimum atomic E-state index is -3.49. The van der Waals surface area contributed by atoms with Crippen LogP contribution in [0.4, 0.5) is 8.78 Å². The number of sulfonamides is 1. The number of hydrogen-bond donors (Lipinski definition) is 2. The van der Waals surface area contributed by atoms with E-state index in [1.165, 1.54) is 6.92 Å². The molecule has 0 saturated carbocycles. The molecule has 7 heteroatoms. The maximum atomic E-state index is 11.6. The minimum Gasteiger partial charge on any atom is -0.386 e. The van der Waals surface area contributed by atoms with Gasteiger partial charge in [0.1, 0.15) is 6.10 Å². The molecule has 74 valence electrons. The van der Waals surface area contributed by atoms with Gasteiger partial charge >= 0.3 is 0 Å². The third-order valence-electron chi connectivity index (χ3n) is 1.18. The number of aliphatic hydroxyl groups is 1. The van der Waals surface area contributed by atoms with Crippen LogP contribution in [0, 0.1) is 0 Å². The molecule has 2 N–H and O–H groups in total. The van der Waals surface area contributed by atoms with Crippen LogP contribution in [0.25, 0.3) is 0 Å². The van der Waals surface area contributed by atoms with Crippen LogP contribution in [0.3, 0.4) is 0 Å². The Morgan fingerprint density at radius 1 is 1.50 bits per heavy atom. The van der Waals surface area contributed by atoms with Gasteiger partial charge in [0.2, 0.25) is 10.0 Å². The molecule has 0 fully saturated rings. The van der Waals surface area contributed by atoms with Crippen LogP contribution in [-0.4, -0.2) is 38.4 Å². The molecule has 0 saturated heterocycles. The first kappa shape index (κ1) is 11.7. The lowest BCUT2D eigenvalue weighted by atomic mass is 10.4. The highest BCUT2D eigenvalue weighted by molar-refractivity contribution is 7.89. The van der Waals surface area contributed by atoms with E-state index >= 15 is 0 Å². The summed E-state index contributed by atoms with van der Waals surface area (Å²) in [6.07, 6.45) is -4.86. The molecule has 12 heavy (non-hydrogen) atoms. The van der Waals surface area contributed by atoms with Crippen molar-refractivity contribution in [3.8, 4) is 0 Å². The lowest BCUT2D eigenvalue weighted by Gasteiger charge is -2.09. The summed E-state index contributed by atoms with van der Waals surface area (Å²) < 4.78 is 46.4. The second kappa shape index (κ2) is 4.68. The zero-order valence-electron chi connectivity index (χ0n) is 6.50. The van der Waals surface area contributed by atoms with E-state index in [0.717, 1.165) is 0 Å². The molecule has 1 unspecified atom stereocenters. The van der Waals surface area contributed by atoms with Gasteiger partial charge in [0, 0.05) is 6.54 Å². The summed E-state index contributed by atoms with van der Waals surface area (Å²) in [4.78, 5) is 0. The van der Waals surface area contributed by atoms with Crippen LogP contribution < -0.4 is 4.72 Å². The van der Waals surface area contributed by atoms with Crippen molar-refractivity contribution in [2.75, 3.05) is 12.3 Å². The van der Waals surface area contributed by atoms with E-state index in [4.69, 9.17) is 5.11 Å². The van der Waals surface area contributed by atoms with E-state index in [1.54, 1.807) is 0 Å². The summed E-state index contributed by atoms with van der Waals surface area (Å²) in [6, 6.07) is 0. The van der Waals surface area contributed by atoms with Crippen molar-refractivity contribution in [2.24, 2.45) is 0 Å². The van der Waals surface area contributed by atoms with Crippen molar-refractivity contribution in [2.45, 2.75) is 19.5 Å². The second-order valence-electron chi connectivity index (χ2n) is 2.15. The van der Waals surface area contributed by atoms with E-state index in [0.29, 0.717) is 0 Å². The Hall–Kier alpha value is -0.270. The van der Waals surface area contributed by atoms with Crippen LogP contribution in [0.15, 0.2) is 0 Å². The molecule has 0 heterocycles. The lowest BCUT2D eigenvalue weighted by Crippen LogP contribution is -2.36. The minimum absolute atomic E-state index is 0.192. The van der Waals surface area contributed by atoms with Crippen molar-refractivity contribution in [3.05, 3.63) is 0 Å². The molecule has 0 aliphatic rings. The molecular formula is C5H11F2NO3S. The smallest absolute Gasteiger partial charge is 0.265 e. The maximum absolute atomic E-state index is 11.6. The predicted molar refractivity (Wildman–Crippen MR) is 39.5 cm³/mol. The first-order valence-electron chi connectivity index (χ1n) is 3.32. The fourth-order valence-corrected chi connectivity index (χ4v) is 1.03. The van der Waals surface area contributed by atoms with Crippen LogP contribution in [0.1, 0.15) is 6.92 Å². The molecule has 0 rings (SSSR count). The van der Waals surface area contributed by atoms with Gasteiger partial charge < -0.3 is 5.11 Å². The quantitative estimate of drug-likeness (QED) is 0.636. The van der Waals surface area contributed by atoms with Crippen molar-refractivity contribution in [3.63, 3.8) is 0 Å². The number of halogens is 2. The molecule has 0 aromatic carbocycles. The van der Waals surface area contributed by atoms with E-state index in [1.807, 2.05) is 4.72 Å². The number of aliphatic hydroxyl groups excluding tert-OH is 1. The molecule has 0 aliphatic carbocycles. The Balaban J connectivity index is 3.84. The van der Waals surface area contributed by atoms with Crippen LogP contribution >= 0.6 is 0 Å². The van der Waals surface area contributed by atoms with Gasteiger partial charge in [0.05, 0.1) is 5.75 Å². The summed E-state index contributed by atoms with van der Waals surface area (Å²) in [6.45, 7) is 0.727. The molecule has 0 aromatic heterocycles. The van der Waals surface area contributed by atoms with Crippen molar-refractivity contribution < 1.29 is 22.3 Å². The zero-order valence-corrected chi connectivity index (χ0v) is 7.31. The number of rotatable bonds is 5. The fraction of sp³-hybridized carbons (Fsp3) is 1.00. The third-order valence-corrected chi connectivity index (χ3v) is 2.55. The largest absolute Gasteiger partial charge is 0.386 e. The average molecular weight is 203 g/mol. The van der Waals surface area contributed by atoms with Crippen molar-refractivity contribution >= 4 is 10.0 Å². The highest BCUT2D eigenvalue weighted by Gasteiger charge is 2.18. The van der Waals surface area contributed by atoms with E-state index < -0.39 is 29.1 Å². The van der Waals surface area contributed by atoms with Gasteiger partial charge in [0.15, 0.2) is 0 Å². The predicted octanol–water partition coefficient (Wildman–Crippen LogP) is -0.448. The SMILES string of the molecule is CCS(=O)(=O)NCC(O)C(F)F. The highest BCUT2D eigenvalue weighted by Crippen LogP contribution is 1.99. The van der Waals surface area contributed by atoms with Gasteiger partial charge in [-0.1, -0.05) is 0 Å². The lowest BCUT2D eigenvalue weighted by molar-refractivity contribution is -0.000446. The van der Waals surface area contributed by atoms with Gasteiger partial charge in [0.25, 0.3) is 6.43 Å². The normalized spacial score (nSPS) is 15.1. The molecule has 0 radical (unpaired) electrons. The Kier molecular flexibility index (Phi) is 4.58. The third kappa shape index (κ3) is 4.58. The molecular weight excluding hydrogens is 192 g/mol. The van der Waals surface area contributed by atoms with Crippen molar-refractivity contribution in [1.82, 2.24) is 4.72 Å². The molecule has 4 nitrogen and oxygen atoms in total. The second-order valence-corrected chi connectivity index (χ2v) is 4.25. The highest BCUT2D eigenvalue weighted by atomic mass is 32.2. The number of hydrogen-bond acceptors (Lipinski definition) is 3. The monoisotopic (exact) mass is 203 g/mol. The molecule has 0 aliphatic heterocycles. The van der Waals surface area contributed by atoms with Crippen LogP contribution in [0.2, 0.25) is 0 Å². The topological polar surface area (TPSA) is 66.4 Å². The van der Waals surface area contributed by atoms with Gasteiger partial charge in [-0.25, -0.2) is 21.9 Å². The number of nitrogens with one attached hydrogen (secondary N) is 1.